The summed E-state index contributed by atoms with van der Waals surface area (Å²) in [6, 6.07) is 3.63. The number of carboxylic acids is 1. The molecular weight excluding hydrogens is 464 g/mol. The van der Waals surface area contributed by atoms with Crippen molar-refractivity contribution < 1.29 is 24.3 Å². The highest BCUT2D eigenvalue weighted by Crippen LogP contribution is 2.19. The molecule has 0 saturated carbocycles. The first-order valence-corrected chi connectivity index (χ1v) is 12.2. The van der Waals surface area contributed by atoms with Gasteiger partial charge < -0.3 is 37.5 Å². The second-order valence-electron chi connectivity index (χ2n) is 9.33. The van der Waals surface area contributed by atoms with E-state index in [-0.39, 0.29) is 18.8 Å². The van der Waals surface area contributed by atoms with Gasteiger partial charge in [-0.3, -0.25) is 14.4 Å². The maximum absolute atomic E-state index is 13.3. The van der Waals surface area contributed by atoms with Gasteiger partial charge in [0.2, 0.25) is 17.7 Å². The first-order chi connectivity index (χ1) is 17.0. The summed E-state index contributed by atoms with van der Waals surface area (Å²) in [6.07, 6.45) is 3.35. The first kappa shape index (κ1) is 28.8. The van der Waals surface area contributed by atoms with Crippen LogP contribution in [-0.2, 0) is 25.6 Å². The van der Waals surface area contributed by atoms with Crippen molar-refractivity contribution >= 4 is 34.6 Å². The molecule has 198 valence electrons. The lowest BCUT2D eigenvalue weighted by atomic mass is 9.99. The fourth-order valence-electron chi connectivity index (χ4n) is 3.83. The highest BCUT2D eigenvalue weighted by molar-refractivity contribution is 5.95. The molecule has 11 nitrogen and oxygen atoms in total. The van der Waals surface area contributed by atoms with E-state index in [0.717, 1.165) is 16.5 Å². The molecule has 11 heteroatoms. The van der Waals surface area contributed by atoms with Crippen molar-refractivity contribution in [3.05, 3.63) is 36.0 Å². The van der Waals surface area contributed by atoms with Crippen molar-refractivity contribution in [2.75, 3.05) is 6.54 Å². The Hall–Kier alpha value is -3.44. The number of aliphatic carboxylic acids is 1. The molecule has 4 unspecified atom stereocenters. The molecule has 0 spiro atoms. The van der Waals surface area contributed by atoms with Gasteiger partial charge in [-0.25, -0.2) is 4.79 Å². The number of nitrogens with two attached hydrogens (primary N) is 2. The van der Waals surface area contributed by atoms with Crippen LogP contribution in [-0.4, -0.2) is 64.5 Å². The molecule has 3 amide bonds. The quantitative estimate of drug-likeness (QED) is 0.181. The number of fused-ring (bicyclic) bond motifs is 1. The third-order valence-corrected chi connectivity index (χ3v) is 5.95. The van der Waals surface area contributed by atoms with Crippen LogP contribution in [0.3, 0.4) is 0 Å². The number of carbonyl (C=O) groups excluding carboxylic acids is 3. The summed E-state index contributed by atoms with van der Waals surface area (Å²) in [7, 11) is 0. The Kier molecular flexibility index (Phi) is 10.9. The summed E-state index contributed by atoms with van der Waals surface area (Å²) >= 11 is 0. The number of para-hydroxylation sites is 1. The number of H-pyrrole nitrogens is 1. The van der Waals surface area contributed by atoms with Crippen LogP contribution in [0.5, 0.6) is 0 Å². The van der Waals surface area contributed by atoms with Crippen LogP contribution < -0.4 is 27.4 Å². The van der Waals surface area contributed by atoms with Gasteiger partial charge in [0, 0.05) is 23.5 Å². The molecule has 4 atom stereocenters. The lowest BCUT2D eigenvalue weighted by Crippen LogP contribution is -2.58. The summed E-state index contributed by atoms with van der Waals surface area (Å²) < 4.78 is 0. The van der Waals surface area contributed by atoms with Gasteiger partial charge in [-0.1, -0.05) is 32.0 Å². The van der Waals surface area contributed by atoms with E-state index < -0.39 is 47.9 Å². The third-order valence-electron chi connectivity index (χ3n) is 5.95. The summed E-state index contributed by atoms with van der Waals surface area (Å²) in [6.45, 7) is 5.42. The number of unbranched alkanes of at least 4 members (excludes halogenated alkanes) is 1. The minimum Gasteiger partial charge on any atom is -0.480 e. The molecule has 36 heavy (non-hydrogen) atoms. The normalized spacial score (nSPS) is 14.6. The van der Waals surface area contributed by atoms with Crippen LogP contribution in [0.2, 0.25) is 0 Å². The van der Waals surface area contributed by atoms with E-state index in [4.69, 9.17) is 11.5 Å². The number of carboxylic acid groups (broad SMARTS) is 1. The second kappa shape index (κ2) is 13.6. The molecule has 0 fully saturated rings. The van der Waals surface area contributed by atoms with Crippen molar-refractivity contribution in [3.8, 4) is 0 Å². The molecule has 0 aliphatic heterocycles. The highest BCUT2D eigenvalue weighted by Gasteiger charge is 2.32. The van der Waals surface area contributed by atoms with Gasteiger partial charge in [0.1, 0.15) is 18.1 Å². The number of benzene rings is 1. The average Bonchev–Trinajstić information content (AvgIpc) is 3.23. The van der Waals surface area contributed by atoms with Crippen LogP contribution in [0.25, 0.3) is 10.9 Å². The Balaban J connectivity index is 2.21. The molecule has 1 aromatic carbocycles. The zero-order valence-electron chi connectivity index (χ0n) is 21.0. The topological polar surface area (TPSA) is 192 Å². The Morgan fingerprint density at radius 2 is 1.61 bits per heavy atom. The zero-order valence-corrected chi connectivity index (χ0v) is 21.0. The van der Waals surface area contributed by atoms with Gasteiger partial charge in [0.05, 0.1) is 6.04 Å². The molecule has 0 bridgehead atoms. The SMILES string of the molecule is CC(N)C(=O)NC(Cc1c[nH]c2ccccc12)C(=O)NC(C(=O)NC(CCCCN)C(=O)O)C(C)C. The monoisotopic (exact) mass is 502 g/mol. The maximum atomic E-state index is 13.3. The maximum Gasteiger partial charge on any atom is 0.326 e. The fraction of sp³-hybridized carbons (Fsp3) is 0.520. The smallest absolute Gasteiger partial charge is 0.326 e. The number of amides is 3. The van der Waals surface area contributed by atoms with Gasteiger partial charge in [-0.05, 0) is 50.3 Å². The highest BCUT2D eigenvalue weighted by atomic mass is 16.4. The minimum absolute atomic E-state index is 0.164. The molecule has 0 radical (unpaired) electrons. The predicted molar refractivity (Wildman–Crippen MR) is 137 cm³/mol. The van der Waals surface area contributed by atoms with Crippen molar-refractivity contribution in [1.82, 2.24) is 20.9 Å². The van der Waals surface area contributed by atoms with E-state index in [1.807, 2.05) is 24.3 Å². The van der Waals surface area contributed by atoms with Crippen molar-refractivity contribution in [2.45, 2.75) is 70.6 Å². The van der Waals surface area contributed by atoms with Crippen LogP contribution in [0.4, 0.5) is 0 Å². The number of hydrogen-bond acceptors (Lipinski definition) is 6. The Labute approximate surface area is 210 Å². The van der Waals surface area contributed by atoms with Crippen LogP contribution in [0, 0.1) is 5.92 Å². The van der Waals surface area contributed by atoms with Gasteiger partial charge in [0.15, 0.2) is 0 Å². The molecule has 0 saturated heterocycles. The molecule has 9 N–H and O–H groups in total. The van der Waals surface area contributed by atoms with Crippen LogP contribution in [0.15, 0.2) is 30.5 Å². The second-order valence-corrected chi connectivity index (χ2v) is 9.33. The molecule has 2 aromatic rings. The predicted octanol–water partition coefficient (Wildman–Crippen LogP) is 0.382. The summed E-state index contributed by atoms with van der Waals surface area (Å²) in [5.74, 6) is -3.19. The number of aromatic nitrogens is 1. The molecule has 2 rings (SSSR count). The van der Waals surface area contributed by atoms with E-state index in [1.54, 1.807) is 20.0 Å². The van der Waals surface area contributed by atoms with Crippen LogP contribution >= 0.6 is 0 Å². The minimum atomic E-state index is -1.16. The van der Waals surface area contributed by atoms with Crippen molar-refractivity contribution in [3.63, 3.8) is 0 Å². The average molecular weight is 503 g/mol. The number of nitrogens with one attached hydrogen (secondary N) is 4. The lowest BCUT2D eigenvalue weighted by Gasteiger charge is -2.27. The first-order valence-electron chi connectivity index (χ1n) is 12.2. The summed E-state index contributed by atoms with van der Waals surface area (Å²) in [5, 5.41) is 18.3. The van der Waals surface area contributed by atoms with E-state index in [1.165, 1.54) is 6.92 Å². The Bertz CT molecular complexity index is 1050. The molecule has 1 heterocycles. The molecule has 0 aliphatic carbocycles. The lowest BCUT2D eigenvalue weighted by molar-refractivity contribution is -0.142. The zero-order chi connectivity index (χ0) is 26.8. The third kappa shape index (κ3) is 8.06. The number of hydrogen-bond donors (Lipinski definition) is 7. The molecule has 0 aliphatic rings. The van der Waals surface area contributed by atoms with E-state index in [9.17, 15) is 24.3 Å². The Morgan fingerprint density at radius 1 is 0.944 bits per heavy atom. The Morgan fingerprint density at radius 3 is 2.22 bits per heavy atom. The number of carbonyl (C=O) groups is 4. The van der Waals surface area contributed by atoms with Gasteiger partial charge in [0.25, 0.3) is 0 Å². The molecular formula is C25H38N6O5. The number of rotatable bonds is 14. The van der Waals surface area contributed by atoms with Gasteiger partial charge in [-0.15, -0.1) is 0 Å². The summed E-state index contributed by atoms with van der Waals surface area (Å²) in [4.78, 5) is 53.5. The largest absolute Gasteiger partial charge is 0.480 e. The van der Waals surface area contributed by atoms with Gasteiger partial charge >= 0.3 is 5.97 Å². The van der Waals surface area contributed by atoms with Crippen molar-refractivity contribution in [2.24, 2.45) is 17.4 Å². The van der Waals surface area contributed by atoms with E-state index in [2.05, 4.69) is 20.9 Å². The van der Waals surface area contributed by atoms with Gasteiger partial charge in [-0.2, -0.15) is 0 Å². The van der Waals surface area contributed by atoms with E-state index in [0.29, 0.717) is 19.4 Å². The number of aromatic amines is 1. The summed E-state index contributed by atoms with van der Waals surface area (Å²) in [5.41, 5.74) is 12.9. The van der Waals surface area contributed by atoms with Crippen molar-refractivity contribution in [1.29, 1.82) is 0 Å². The fourth-order valence-corrected chi connectivity index (χ4v) is 3.83. The molecule has 1 aromatic heterocycles. The van der Waals surface area contributed by atoms with Crippen LogP contribution in [0.1, 0.15) is 45.6 Å². The van der Waals surface area contributed by atoms with E-state index >= 15 is 0 Å². The standard InChI is InChI=1S/C25H38N6O5/c1-14(2)21(24(34)29-19(25(35)36)10-6-7-11-26)31-23(33)20(30-22(32)15(3)27)12-16-13-28-18-9-5-4-8-17(16)18/h4-5,8-9,13-15,19-21,28H,6-7,10-12,26-27H2,1-3H3,(H,29,34)(H,30,32)(H,31,33)(H,35,36).